The number of nitrogens with zero attached hydrogens (tertiary/aromatic N) is 2. The van der Waals surface area contributed by atoms with Crippen molar-refractivity contribution in [2.75, 3.05) is 44.2 Å². The summed E-state index contributed by atoms with van der Waals surface area (Å²) in [5.74, 6) is 0.905. The van der Waals surface area contributed by atoms with E-state index >= 15 is 0 Å². The lowest BCUT2D eigenvalue weighted by Gasteiger charge is -2.37. The number of halogens is 1. The molecule has 0 saturated carbocycles. The highest BCUT2D eigenvalue weighted by Gasteiger charge is 2.34. The number of amides is 1. The number of carbonyl (C=O) groups is 1. The van der Waals surface area contributed by atoms with Gasteiger partial charge >= 0.3 is 0 Å². The minimum absolute atomic E-state index is 0.150. The number of benzene rings is 1. The van der Waals surface area contributed by atoms with Crippen LogP contribution >= 0.6 is 11.6 Å². The molecule has 3 rings (SSSR count). The summed E-state index contributed by atoms with van der Waals surface area (Å²) in [7, 11) is 0. The van der Waals surface area contributed by atoms with Gasteiger partial charge in [0, 0.05) is 32.7 Å². The van der Waals surface area contributed by atoms with Crippen LogP contribution in [-0.2, 0) is 4.79 Å². The number of rotatable bonds is 2. The van der Waals surface area contributed by atoms with Crippen LogP contribution in [-0.4, -0.2) is 50.1 Å². The van der Waals surface area contributed by atoms with E-state index in [4.69, 9.17) is 11.6 Å². The lowest BCUT2D eigenvalue weighted by atomic mass is 9.96. The standard InChI is InChI=1S/C16H22ClN3O/c1-12-10-18-11-13(12)16(21)20-8-6-19(7-9-20)15-5-3-2-4-14(15)17/h2-5,12-13,18H,6-11H2,1H3/t12-,13-/m1/s1. The summed E-state index contributed by atoms with van der Waals surface area (Å²) in [6.07, 6.45) is 0. The van der Waals surface area contributed by atoms with Crippen molar-refractivity contribution in [3.63, 3.8) is 0 Å². The predicted molar refractivity (Wildman–Crippen MR) is 85.8 cm³/mol. The maximum Gasteiger partial charge on any atom is 0.227 e. The van der Waals surface area contributed by atoms with Gasteiger partial charge in [0.2, 0.25) is 5.91 Å². The number of piperazine rings is 1. The number of hydrogen-bond donors (Lipinski definition) is 1. The summed E-state index contributed by atoms with van der Waals surface area (Å²) in [5.41, 5.74) is 1.07. The average molecular weight is 308 g/mol. The molecule has 1 aromatic rings. The molecule has 0 aliphatic carbocycles. The molecule has 2 saturated heterocycles. The van der Waals surface area contributed by atoms with E-state index in [9.17, 15) is 4.79 Å². The number of nitrogens with one attached hydrogen (secondary N) is 1. The van der Waals surface area contributed by atoms with Crippen molar-refractivity contribution in [3.8, 4) is 0 Å². The molecule has 1 N–H and O–H groups in total. The smallest absolute Gasteiger partial charge is 0.227 e. The minimum atomic E-state index is 0.150. The molecule has 2 atom stereocenters. The normalized spacial score (nSPS) is 26.2. The largest absolute Gasteiger partial charge is 0.367 e. The monoisotopic (exact) mass is 307 g/mol. The molecular weight excluding hydrogens is 286 g/mol. The Balaban J connectivity index is 1.60. The molecule has 114 valence electrons. The van der Waals surface area contributed by atoms with Gasteiger partial charge in [-0.3, -0.25) is 4.79 Å². The molecule has 0 aromatic heterocycles. The van der Waals surface area contributed by atoms with Gasteiger partial charge in [0.1, 0.15) is 0 Å². The third kappa shape index (κ3) is 3.01. The lowest BCUT2D eigenvalue weighted by Crippen LogP contribution is -2.51. The van der Waals surface area contributed by atoms with Crippen LogP contribution in [0.15, 0.2) is 24.3 Å². The first-order chi connectivity index (χ1) is 10.2. The van der Waals surface area contributed by atoms with Gasteiger partial charge in [-0.15, -0.1) is 0 Å². The summed E-state index contributed by atoms with van der Waals surface area (Å²) < 4.78 is 0. The molecule has 2 aliphatic heterocycles. The molecule has 0 radical (unpaired) electrons. The summed E-state index contributed by atoms with van der Waals surface area (Å²) in [5, 5.41) is 4.09. The Bertz CT molecular complexity index is 514. The summed E-state index contributed by atoms with van der Waals surface area (Å²) >= 11 is 6.25. The van der Waals surface area contributed by atoms with E-state index in [1.807, 2.05) is 29.2 Å². The van der Waals surface area contributed by atoms with Crippen LogP contribution in [0, 0.1) is 11.8 Å². The topological polar surface area (TPSA) is 35.6 Å². The van der Waals surface area contributed by atoms with Crippen molar-refractivity contribution in [1.82, 2.24) is 10.2 Å². The van der Waals surface area contributed by atoms with Gasteiger partial charge < -0.3 is 15.1 Å². The molecule has 2 fully saturated rings. The number of anilines is 1. The predicted octanol–water partition coefficient (Wildman–Crippen LogP) is 1.84. The van der Waals surface area contributed by atoms with Crippen LogP contribution < -0.4 is 10.2 Å². The van der Waals surface area contributed by atoms with Crippen LogP contribution in [0.1, 0.15) is 6.92 Å². The zero-order valence-corrected chi connectivity index (χ0v) is 13.1. The second kappa shape index (κ2) is 6.24. The highest BCUT2D eigenvalue weighted by molar-refractivity contribution is 6.33. The Morgan fingerprint density at radius 2 is 1.90 bits per heavy atom. The van der Waals surface area contributed by atoms with Gasteiger partial charge in [0.15, 0.2) is 0 Å². The number of para-hydroxylation sites is 1. The van der Waals surface area contributed by atoms with Crippen molar-refractivity contribution in [2.45, 2.75) is 6.92 Å². The zero-order chi connectivity index (χ0) is 14.8. The molecule has 1 amide bonds. The third-order valence-corrected chi connectivity index (χ3v) is 4.94. The van der Waals surface area contributed by atoms with Gasteiger partial charge in [0.25, 0.3) is 0 Å². The Hall–Kier alpha value is -1.26. The second-order valence-electron chi connectivity index (χ2n) is 6.01. The molecule has 21 heavy (non-hydrogen) atoms. The van der Waals surface area contributed by atoms with Gasteiger partial charge in [-0.1, -0.05) is 30.7 Å². The van der Waals surface area contributed by atoms with Gasteiger partial charge in [0.05, 0.1) is 16.6 Å². The average Bonchev–Trinajstić information content (AvgIpc) is 2.93. The summed E-state index contributed by atoms with van der Waals surface area (Å²) in [6.45, 7) is 7.21. The molecule has 5 heteroatoms. The van der Waals surface area contributed by atoms with Crippen molar-refractivity contribution in [2.24, 2.45) is 11.8 Å². The number of carbonyl (C=O) groups excluding carboxylic acids is 1. The Labute approximate surface area is 131 Å². The zero-order valence-electron chi connectivity index (χ0n) is 12.4. The highest BCUT2D eigenvalue weighted by Crippen LogP contribution is 2.27. The fraction of sp³-hybridized carbons (Fsp3) is 0.562. The van der Waals surface area contributed by atoms with Crippen LogP contribution in [0.2, 0.25) is 5.02 Å². The minimum Gasteiger partial charge on any atom is -0.367 e. The molecule has 4 nitrogen and oxygen atoms in total. The first-order valence-electron chi connectivity index (χ1n) is 7.66. The molecule has 2 heterocycles. The van der Waals surface area contributed by atoms with Crippen LogP contribution in [0.5, 0.6) is 0 Å². The fourth-order valence-corrected chi connectivity index (χ4v) is 3.51. The fourth-order valence-electron chi connectivity index (χ4n) is 3.25. The Morgan fingerprint density at radius 1 is 1.19 bits per heavy atom. The van der Waals surface area contributed by atoms with Gasteiger partial charge in [-0.2, -0.15) is 0 Å². The molecule has 1 aromatic carbocycles. The van der Waals surface area contributed by atoms with E-state index in [2.05, 4.69) is 17.1 Å². The van der Waals surface area contributed by atoms with Crippen LogP contribution in [0.4, 0.5) is 5.69 Å². The summed E-state index contributed by atoms with van der Waals surface area (Å²) in [6, 6.07) is 7.91. The van der Waals surface area contributed by atoms with E-state index in [0.29, 0.717) is 11.8 Å². The quantitative estimate of drug-likeness (QED) is 0.906. The molecule has 0 unspecified atom stereocenters. The van der Waals surface area contributed by atoms with Gasteiger partial charge in [-0.25, -0.2) is 0 Å². The van der Waals surface area contributed by atoms with E-state index in [1.54, 1.807) is 0 Å². The van der Waals surface area contributed by atoms with Crippen LogP contribution in [0.3, 0.4) is 0 Å². The number of hydrogen-bond acceptors (Lipinski definition) is 3. The second-order valence-corrected chi connectivity index (χ2v) is 6.41. The Morgan fingerprint density at radius 3 is 2.52 bits per heavy atom. The maximum absolute atomic E-state index is 12.6. The highest BCUT2D eigenvalue weighted by atomic mass is 35.5. The lowest BCUT2D eigenvalue weighted by molar-refractivity contribution is -0.136. The van der Waals surface area contributed by atoms with Crippen molar-refractivity contribution in [3.05, 3.63) is 29.3 Å². The van der Waals surface area contributed by atoms with Crippen molar-refractivity contribution < 1.29 is 4.79 Å². The third-order valence-electron chi connectivity index (χ3n) is 4.62. The first-order valence-corrected chi connectivity index (χ1v) is 8.03. The van der Waals surface area contributed by atoms with E-state index in [0.717, 1.165) is 50.0 Å². The van der Waals surface area contributed by atoms with Gasteiger partial charge in [-0.05, 0) is 24.6 Å². The molecular formula is C16H22ClN3O. The first kappa shape index (κ1) is 14.7. The molecule has 0 bridgehead atoms. The van der Waals surface area contributed by atoms with E-state index < -0.39 is 0 Å². The molecule has 2 aliphatic rings. The van der Waals surface area contributed by atoms with E-state index in [-0.39, 0.29) is 5.92 Å². The maximum atomic E-state index is 12.6. The van der Waals surface area contributed by atoms with Crippen molar-refractivity contribution >= 4 is 23.2 Å². The molecule has 0 spiro atoms. The SMILES string of the molecule is C[C@@H]1CNC[C@H]1C(=O)N1CCN(c2ccccc2Cl)CC1. The van der Waals surface area contributed by atoms with E-state index in [1.165, 1.54) is 0 Å². The van der Waals surface area contributed by atoms with Crippen LogP contribution in [0.25, 0.3) is 0 Å². The Kier molecular flexibility index (Phi) is 4.36. The summed E-state index contributed by atoms with van der Waals surface area (Å²) in [4.78, 5) is 16.8. The van der Waals surface area contributed by atoms with Crippen molar-refractivity contribution in [1.29, 1.82) is 0 Å².